The molecule has 144 valence electrons. The van der Waals surface area contributed by atoms with E-state index in [1.54, 1.807) is 29.0 Å². The number of aromatic nitrogens is 3. The van der Waals surface area contributed by atoms with Crippen LogP contribution in [0.5, 0.6) is 17.2 Å². The van der Waals surface area contributed by atoms with Crippen molar-refractivity contribution >= 4 is 11.6 Å². The first-order chi connectivity index (χ1) is 13.7. The summed E-state index contributed by atoms with van der Waals surface area (Å²) in [5.74, 6) is 2.10. The van der Waals surface area contributed by atoms with Crippen LogP contribution < -0.4 is 19.5 Å². The van der Waals surface area contributed by atoms with Crippen molar-refractivity contribution in [2.75, 3.05) is 6.79 Å². The number of nitrogens with zero attached hydrogens (tertiary/aromatic N) is 3. The van der Waals surface area contributed by atoms with E-state index >= 15 is 0 Å². The van der Waals surface area contributed by atoms with E-state index in [-0.39, 0.29) is 24.8 Å². The standard InChI is InChI=1S/C20H20N4O4/c25-20(16-11-19-21-8-1-9-24(19)23-16)22-13-2-4-14(5-3-13)28-15-6-7-17-18(10-15)27-12-26-17/h1,6-11,13-14H,2-5,12H2,(H,22,25). The molecule has 1 saturated carbocycles. The Hall–Kier alpha value is -3.29. The van der Waals surface area contributed by atoms with Gasteiger partial charge >= 0.3 is 0 Å². The third-order valence-corrected chi connectivity index (χ3v) is 5.13. The van der Waals surface area contributed by atoms with Crippen LogP contribution in [0.1, 0.15) is 36.2 Å². The maximum Gasteiger partial charge on any atom is 0.272 e. The zero-order chi connectivity index (χ0) is 18.9. The van der Waals surface area contributed by atoms with Crippen molar-refractivity contribution in [1.82, 2.24) is 19.9 Å². The molecule has 0 bridgehead atoms. The molecule has 3 aromatic rings. The molecule has 8 nitrogen and oxygen atoms in total. The highest BCUT2D eigenvalue weighted by Gasteiger charge is 2.25. The Bertz CT molecular complexity index is 977. The molecule has 3 heterocycles. The summed E-state index contributed by atoms with van der Waals surface area (Å²) in [5.41, 5.74) is 1.05. The predicted octanol–water partition coefficient (Wildman–Crippen LogP) is 2.58. The van der Waals surface area contributed by atoms with E-state index in [0.29, 0.717) is 11.3 Å². The fourth-order valence-corrected chi connectivity index (χ4v) is 3.67. The van der Waals surface area contributed by atoms with Crippen LogP contribution in [0, 0.1) is 0 Å². The van der Waals surface area contributed by atoms with Crippen LogP contribution in [0.3, 0.4) is 0 Å². The quantitative estimate of drug-likeness (QED) is 0.749. The Morgan fingerprint density at radius 3 is 2.86 bits per heavy atom. The summed E-state index contributed by atoms with van der Waals surface area (Å²) in [6.07, 6.45) is 7.09. The lowest BCUT2D eigenvalue weighted by atomic mass is 9.93. The van der Waals surface area contributed by atoms with Crippen LogP contribution in [-0.4, -0.2) is 39.4 Å². The van der Waals surface area contributed by atoms with Crippen molar-refractivity contribution in [2.45, 2.75) is 37.8 Å². The Labute approximate surface area is 161 Å². The predicted molar refractivity (Wildman–Crippen MR) is 99.7 cm³/mol. The first-order valence-corrected chi connectivity index (χ1v) is 9.42. The first-order valence-electron chi connectivity index (χ1n) is 9.42. The molecule has 1 amide bonds. The molecule has 0 atom stereocenters. The largest absolute Gasteiger partial charge is 0.490 e. The highest BCUT2D eigenvalue weighted by atomic mass is 16.7. The van der Waals surface area contributed by atoms with Crippen LogP contribution in [0.25, 0.3) is 5.65 Å². The van der Waals surface area contributed by atoms with Crippen molar-refractivity contribution in [2.24, 2.45) is 0 Å². The molecule has 0 radical (unpaired) electrons. The number of hydrogen-bond acceptors (Lipinski definition) is 6. The van der Waals surface area contributed by atoms with Gasteiger partial charge in [-0.2, -0.15) is 5.10 Å². The van der Waals surface area contributed by atoms with E-state index in [4.69, 9.17) is 14.2 Å². The molecule has 0 unspecified atom stereocenters. The average molecular weight is 380 g/mol. The summed E-state index contributed by atoms with van der Waals surface area (Å²) < 4.78 is 18.4. The van der Waals surface area contributed by atoms with Gasteiger partial charge in [-0.3, -0.25) is 4.79 Å². The minimum Gasteiger partial charge on any atom is -0.490 e. The number of nitrogens with one attached hydrogen (secondary N) is 1. The van der Waals surface area contributed by atoms with Gasteiger partial charge in [-0.1, -0.05) is 0 Å². The van der Waals surface area contributed by atoms with Gasteiger partial charge in [0.15, 0.2) is 22.8 Å². The molecule has 1 N–H and O–H groups in total. The van der Waals surface area contributed by atoms with E-state index in [1.165, 1.54) is 0 Å². The van der Waals surface area contributed by atoms with Gasteiger partial charge in [-0.25, -0.2) is 9.50 Å². The summed E-state index contributed by atoms with van der Waals surface area (Å²) in [5, 5.41) is 7.35. The Kier molecular flexibility index (Phi) is 4.23. The second-order valence-corrected chi connectivity index (χ2v) is 7.03. The topological polar surface area (TPSA) is 87.0 Å². The minimum absolute atomic E-state index is 0.127. The molecule has 2 aliphatic rings. The van der Waals surface area contributed by atoms with Gasteiger partial charge < -0.3 is 19.5 Å². The summed E-state index contributed by atoms with van der Waals surface area (Å²) in [6.45, 7) is 0.256. The van der Waals surface area contributed by atoms with Gasteiger partial charge in [0.05, 0.1) is 6.10 Å². The SMILES string of the molecule is O=C(NC1CCC(Oc2ccc3c(c2)OCO3)CC1)c1cc2ncccn2n1. The minimum atomic E-state index is -0.161. The zero-order valence-corrected chi connectivity index (χ0v) is 15.2. The van der Waals surface area contributed by atoms with Crippen molar-refractivity contribution < 1.29 is 19.0 Å². The van der Waals surface area contributed by atoms with Crippen LogP contribution in [0.2, 0.25) is 0 Å². The maximum atomic E-state index is 12.5. The number of fused-ring (bicyclic) bond motifs is 2. The lowest BCUT2D eigenvalue weighted by Crippen LogP contribution is -2.39. The molecular weight excluding hydrogens is 360 g/mol. The molecule has 2 aromatic heterocycles. The van der Waals surface area contributed by atoms with Crippen LogP contribution in [0.4, 0.5) is 0 Å². The summed E-state index contributed by atoms with van der Waals surface area (Å²) in [4.78, 5) is 16.7. The molecule has 8 heteroatoms. The number of carbonyl (C=O) groups is 1. The smallest absolute Gasteiger partial charge is 0.272 e. The highest BCUT2D eigenvalue weighted by Crippen LogP contribution is 2.36. The highest BCUT2D eigenvalue weighted by molar-refractivity contribution is 5.93. The lowest BCUT2D eigenvalue weighted by molar-refractivity contribution is 0.0888. The summed E-state index contributed by atoms with van der Waals surface area (Å²) >= 11 is 0. The van der Waals surface area contributed by atoms with Crippen LogP contribution in [0.15, 0.2) is 42.7 Å². The van der Waals surface area contributed by atoms with Crippen molar-refractivity contribution in [3.63, 3.8) is 0 Å². The number of rotatable bonds is 4. The van der Waals surface area contributed by atoms with Gasteiger partial charge in [-0.15, -0.1) is 0 Å². The lowest BCUT2D eigenvalue weighted by Gasteiger charge is -2.29. The van der Waals surface area contributed by atoms with E-state index in [1.807, 2.05) is 18.2 Å². The van der Waals surface area contributed by atoms with Gasteiger partial charge in [0, 0.05) is 30.6 Å². The number of ether oxygens (including phenoxy) is 3. The Balaban J connectivity index is 1.15. The molecule has 1 fully saturated rings. The zero-order valence-electron chi connectivity index (χ0n) is 15.2. The Morgan fingerprint density at radius 1 is 1.14 bits per heavy atom. The monoisotopic (exact) mass is 380 g/mol. The molecule has 1 aliphatic heterocycles. The second kappa shape index (κ2) is 7.03. The molecule has 5 rings (SSSR count). The van der Waals surface area contributed by atoms with Crippen molar-refractivity contribution in [3.05, 3.63) is 48.4 Å². The van der Waals surface area contributed by atoms with Crippen LogP contribution >= 0.6 is 0 Å². The second-order valence-electron chi connectivity index (χ2n) is 7.03. The molecule has 0 saturated heterocycles. The summed E-state index contributed by atoms with van der Waals surface area (Å²) in [7, 11) is 0. The van der Waals surface area contributed by atoms with E-state index < -0.39 is 0 Å². The normalized spacial score (nSPS) is 20.9. The number of hydrogen-bond donors (Lipinski definition) is 1. The van der Waals surface area contributed by atoms with Gasteiger partial charge in [0.2, 0.25) is 6.79 Å². The van der Waals surface area contributed by atoms with Crippen molar-refractivity contribution in [3.8, 4) is 17.2 Å². The fraction of sp³-hybridized carbons (Fsp3) is 0.350. The number of carbonyl (C=O) groups excluding carboxylic acids is 1. The van der Waals surface area contributed by atoms with Gasteiger partial charge in [0.1, 0.15) is 5.75 Å². The van der Waals surface area contributed by atoms with Crippen molar-refractivity contribution in [1.29, 1.82) is 0 Å². The number of amides is 1. The van der Waals surface area contributed by atoms with E-state index in [2.05, 4.69) is 15.4 Å². The third kappa shape index (κ3) is 3.33. The average Bonchev–Trinajstić information content (AvgIpc) is 3.35. The van der Waals surface area contributed by atoms with Crippen LogP contribution in [-0.2, 0) is 0 Å². The number of benzene rings is 1. The maximum absolute atomic E-state index is 12.5. The fourth-order valence-electron chi connectivity index (χ4n) is 3.67. The molecule has 0 spiro atoms. The summed E-state index contributed by atoms with van der Waals surface area (Å²) in [6, 6.07) is 9.24. The molecule has 1 aliphatic carbocycles. The molecule has 1 aromatic carbocycles. The van der Waals surface area contributed by atoms with E-state index in [9.17, 15) is 4.79 Å². The van der Waals surface area contributed by atoms with Gasteiger partial charge in [-0.05, 0) is 43.9 Å². The molecular formula is C20H20N4O4. The molecule has 28 heavy (non-hydrogen) atoms. The van der Waals surface area contributed by atoms with Gasteiger partial charge in [0.25, 0.3) is 5.91 Å². The third-order valence-electron chi connectivity index (χ3n) is 5.13. The Morgan fingerprint density at radius 2 is 2.00 bits per heavy atom. The van der Waals surface area contributed by atoms with E-state index in [0.717, 1.165) is 42.9 Å². The first kappa shape index (κ1) is 16.9.